The second-order valence-corrected chi connectivity index (χ2v) is 4.52. The maximum Gasteiger partial charge on any atom is 0.310 e. The third-order valence-electron chi connectivity index (χ3n) is 2.13. The first kappa shape index (κ1) is 12.2. The van der Waals surface area contributed by atoms with E-state index in [4.69, 9.17) is 21.2 Å². The highest BCUT2D eigenvalue weighted by atomic mass is 79.9. The smallest absolute Gasteiger partial charge is 0.310 e. The molecule has 2 aromatic rings. The maximum atomic E-state index is 11.1. The molecular formula is C11H7BrClNO3. The summed E-state index contributed by atoms with van der Waals surface area (Å²) in [6, 6.07) is 8.33. The van der Waals surface area contributed by atoms with Crippen molar-refractivity contribution in [3.8, 4) is 11.3 Å². The summed E-state index contributed by atoms with van der Waals surface area (Å²) in [5, 5.41) is 9.07. The number of hydroxylamine groups is 1. The van der Waals surface area contributed by atoms with E-state index in [0.29, 0.717) is 10.8 Å². The van der Waals surface area contributed by atoms with Gasteiger partial charge in [-0.1, -0.05) is 11.6 Å². The zero-order chi connectivity index (χ0) is 12.4. The Morgan fingerprint density at radius 2 is 2.12 bits per heavy atom. The normalized spacial score (nSPS) is 10.3. The van der Waals surface area contributed by atoms with Crippen LogP contribution in [0.2, 0.25) is 5.02 Å². The van der Waals surface area contributed by atoms with E-state index in [9.17, 15) is 4.79 Å². The van der Waals surface area contributed by atoms with Crippen LogP contribution in [0.15, 0.2) is 39.2 Å². The van der Waals surface area contributed by atoms with Gasteiger partial charge in [-0.25, -0.2) is 5.48 Å². The lowest BCUT2D eigenvalue weighted by molar-refractivity contribution is 0.0677. The molecule has 0 saturated carbocycles. The lowest BCUT2D eigenvalue weighted by atomic mass is 10.2. The minimum atomic E-state index is -0.693. The Morgan fingerprint density at radius 3 is 2.76 bits per heavy atom. The highest BCUT2D eigenvalue weighted by Gasteiger charge is 2.13. The Bertz CT molecular complexity index is 568. The van der Waals surface area contributed by atoms with Crippen LogP contribution in [0.3, 0.4) is 0 Å². The molecule has 0 aliphatic heterocycles. The molecule has 4 nitrogen and oxygen atoms in total. The molecule has 1 aromatic heterocycles. The van der Waals surface area contributed by atoms with Gasteiger partial charge >= 0.3 is 5.91 Å². The summed E-state index contributed by atoms with van der Waals surface area (Å²) >= 11 is 9.18. The molecule has 1 heterocycles. The van der Waals surface area contributed by atoms with Crippen LogP contribution in [0.25, 0.3) is 11.3 Å². The van der Waals surface area contributed by atoms with E-state index in [2.05, 4.69) is 15.9 Å². The molecule has 0 unspecified atom stereocenters. The molecule has 0 aliphatic rings. The van der Waals surface area contributed by atoms with Gasteiger partial charge in [0.1, 0.15) is 5.76 Å². The zero-order valence-electron chi connectivity index (χ0n) is 8.41. The Morgan fingerprint density at radius 1 is 1.35 bits per heavy atom. The average Bonchev–Trinajstić information content (AvgIpc) is 2.77. The molecule has 2 rings (SSSR count). The van der Waals surface area contributed by atoms with E-state index >= 15 is 0 Å². The summed E-state index contributed by atoms with van der Waals surface area (Å²) in [5.41, 5.74) is 2.27. The van der Waals surface area contributed by atoms with Gasteiger partial charge < -0.3 is 4.42 Å². The summed E-state index contributed by atoms with van der Waals surface area (Å²) in [4.78, 5) is 11.1. The molecule has 17 heavy (non-hydrogen) atoms. The quantitative estimate of drug-likeness (QED) is 0.658. The van der Waals surface area contributed by atoms with E-state index in [0.717, 1.165) is 10.0 Å². The van der Waals surface area contributed by atoms with Gasteiger partial charge in [0.25, 0.3) is 0 Å². The molecule has 88 valence electrons. The number of hydrogen-bond acceptors (Lipinski definition) is 3. The molecule has 0 saturated heterocycles. The topological polar surface area (TPSA) is 62.5 Å². The van der Waals surface area contributed by atoms with Crippen molar-refractivity contribution >= 4 is 33.4 Å². The highest BCUT2D eigenvalue weighted by molar-refractivity contribution is 9.10. The molecule has 0 fully saturated rings. The number of nitrogens with one attached hydrogen (secondary N) is 1. The summed E-state index contributed by atoms with van der Waals surface area (Å²) in [6.45, 7) is 0. The number of carbonyl (C=O) groups excluding carboxylic acids is 1. The minimum Gasteiger partial charge on any atom is -0.451 e. The first-order valence-electron chi connectivity index (χ1n) is 4.61. The maximum absolute atomic E-state index is 11.1. The van der Waals surface area contributed by atoms with E-state index in [1.807, 2.05) is 0 Å². The van der Waals surface area contributed by atoms with Crippen LogP contribution in [-0.4, -0.2) is 11.1 Å². The highest BCUT2D eigenvalue weighted by Crippen LogP contribution is 2.31. The fraction of sp³-hybridized carbons (Fsp3) is 0. The predicted octanol–water partition coefficient (Wildman–Crippen LogP) is 3.48. The molecule has 0 aliphatic carbocycles. The fourth-order valence-corrected chi connectivity index (χ4v) is 2.23. The zero-order valence-corrected chi connectivity index (χ0v) is 10.7. The minimum absolute atomic E-state index is 0.0318. The van der Waals surface area contributed by atoms with Gasteiger partial charge in [-0.3, -0.25) is 10.0 Å². The first-order valence-corrected chi connectivity index (χ1v) is 5.78. The van der Waals surface area contributed by atoms with Crippen molar-refractivity contribution in [3.05, 3.63) is 45.6 Å². The molecule has 6 heteroatoms. The van der Waals surface area contributed by atoms with Crippen molar-refractivity contribution in [2.75, 3.05) is 0 Å². The molecular weight excluding hydrogens is 309 g/mol. The van der Waals surface area contributed by atoms with Crippen molar-refractivity contribution in [2.24, 2.45) is 0 Å². The monoisotopic (exact) mass is 315 g/mol. The van der Waals surface area contributed by atoms with Crippen LogP contribution < -0.4 is 5.48 Å². The Labute approximate surface area is 110 Å². The average molecular weight is 317 g/mol. The molecule has 2 N–H and O–H groups in total. The number of rotatable bonds is 2. The van der Waals surface area contributed by atoms with Gasteiger partial charge in [-0.15, -0.1) is 0 Å². The van der Waals surface area contributed by atoms with Crippen molar-refractivity contribution in [1.82, 2.24) is 5.48 Å². The summed E-state index contributed by atoms with van der Waals surface area (Å²) < 4.78 is 6.06. The van der Waals surface area contributed by atoms with Gasteiger partial charge in [0, 0.05) is 15.1 Å². The third kappa shape index (κ3) is 2.52. The number of furan rings is 1. The lowest BCUT2D eigenvalue weighted by Crippen LogP contribution is -2.17. The summed E-state index contributed by atoms with van der Waals surface area (Å²) in [7, 11) is 0. The Kier molecular flexibility index (Phi) is 3.51. The Balaban J connectivity index is 2.40. The van der Waals surface area contributed by atoms with Crippen LogP contribution in [-0.2, 0) is 0 Å². The third-order valence-corrected chi connectivity index (χ3v) is 3.02. The summed E-state index contributed by atoms with van der Waals surface area (Å²) in [5.74, 6) is -0.155. The lowest BCUT2D eigenvalue weighted by Gasteiger charge is -2.01. The standard InChI is InChI=1S/C11H7BrClNO3/c12-8-5-6(13)1-2-7(8)9-3-4-10(17-9)11(15)14-16/h1-5,16H,(H,14,15). The van der Waals surface area contributed by atoms with Crippen LogP contribution in [0, 0.1) is 0 Å². The first-order chi connectivity index (χ1) is 8.11. The molecule has 0 radical (unpaired) electrons. The van der Waals surface area contributed by atoms with Gasteiger partial charge in [0.05, 0.1) is 0 Å². The predicted molar refractivity (Wildman–Crippen MR) is 66.1 cm³/mol. The van der Waals surface area contributed by atoms with Gasteiger partial charge in [0.15, 0.2) is 5.76 Å². The largest absolute Gasteiger partial charge is 0.451 e. The molecule has 0 atom stereocenters. The van der Waals surface area contributed by atoms with Gasteiger partial charge in [-0.2, -0.15) is 0 Å². The Hall–Kier alpha value is -1.30. The fourth-order valence-electron chi connectivity index (χ4n) is 1.35. The number of amides is 1. The van der Waals surface area contributed by atoms with Crippen LogP contribution in [0.1, 0.15) is 10.6 Å². The van der Waals surface area contributed by atoms with E-state index in [-0.39, 0.29) is 5.76 Å². The number of hydrogen-bond donors (Lipinski definition) is 2. The van der Waals surface area contributed by atoms with E-state index in [1.54, 1.807) is 24.3 Å². The second-order valence-electron chi connectivity index (χ2n) is 3.23. The SMILES string of the molecule is O=C(NO)c1ccc(-c2ccc(Cl)cc2Br)o1. The molecule has 0 spiro atoms. The van der Waals surface area contributed by atoms with Crippen molar-refractivity contribution in [3.63, 3.8) is 0 Å². The van der Waals surface area contributed by atoms with Crippen molar-refractivity contribution < 1.29 is 14.4 Å². The number of halogens is 2. The van der Waals surface area contributed by atoms with E-state index in [1.165, 1.54) is 11.5 Å². The van der Waals surface area contributed by atoms with Crippen molar-refractivity contribution in [1.29, 1.82) is 0 Å². The number of carbonyl (C=O) groups is 1. The van der Waals surface area contributed by atoms with Gasteiger partial charge in [0.2, 0.25) is 0 Å². The van der Waals surface area contributed by atoms with E-state index < -0.39 is 5.91 Å². The van der Waals surface area contributed by atoms with Crippen LogP contribution >= 0.6 is 27.5 Å². The van der Waals surface area contributed by atoms with Crippen LogP contribution in [0.4, 0.5) is 0 Å². The van der Waals surface area contributed by atoms with Crippen molar-refractivity contribution in [2.45, 2.75) is 0 Å². The molecule has 1 aromatic carbocycles. The summed E-state index contributed by atoms with van der Waals surface area (Å²) in [6.07, 6.45) is 0. The van der Waals surface area contributed by atoms with Crippen LogP contribution in [0.5, 0.6) is 0 Å². The second kappa shape index (κ2) is 4.91. The molecule has 0 bridgehead atoms. The van der Waals surface area contributed by atoms with Gasteiger partial charge in [-0.05, 0) is 46.3 Å². The number of benzene rings is 1. The molecule has 1 amide bonds.